The summed E-state index contributed by atoms with van der Waals surface area (Å²) in [7, 11) is 0. The van der Waals surface area contributed by atoms with Gasteiger partial charge in [-0.05, 0) is 25.0 Å². The predicted molar refractivity (Wildman–Crippen MR) is 103 cm³/mol. The molecule has 0 unspecified atom stereocenters. The second kappa shape index (κ2) is 10.4. The number of ether oxygens (including phenoxy) is 1. The van der Waals surface area contributed by atoms with Gasteiger partial charge >= 0.3 is 0 Å². The summed E-state index contributed by atoms with van der Waals surface area (Å²) >= 11 is 0. The molecule has 0 spiro atoms. The van der Waals surface area contributed by atoms with Crippen molar-refractivity contribution < 1.29 is 9.13 Å². The van der Waals surface area contributed by atoms with E-state index in [4.69, 9.17) is 4.74 Å². The van der Waals surface area contributed by atoms with Crippen molar-refractivity contribution in [3.63, 3.8) is 0 Å². The Morgan fingerprint density at radius 3 is 2.24 bits per heavy atom. The molecule has 0 aromatic heterocycles. The van der Waals surface area contributed by atoms with Gasteiger partial charge in [0.1, 0.15) is 18.2 Å². The van der Waals surface area contributed by atoms with Crippen molar-refractivity contribution in [2.75, 3.05) is 0 Å². The minimum atomic E-state index is -0.216. The van der Waals surface area contributed by atoms with Crippen molar-refractivity contribution in [2.24, 2.45) is 0 Å². The van der Waals surface area contributed by atoms with Gasteiger partial charge in [0.25, 0.3) is 0 Å². The minimum absolute atomic E-state index is 0. The summed E-state index contributed by atoms with van der Waals surface area (Å²) in [4.78, 5) is 0. The molecule has 2 aromatic carbocycles. The molecular weight excluding hydrogens is 337 g/mol. The number of halogens is 2. The normalized spacial score (nSPS) is 15.2. The summed E-state index contributed by atoms with van der Waals surface area (Å²) in [5.74, 6) is 0.619. The Hall–Kier alpha value is -1.58. The van der Waals surface area contributed by atoms with E-state index >= 15 is 0 Å². The van der Waals surface area contributed by atoms with E-state index < -0.39 is 0 Å². The summed E-state index contributed by atoms with van der Waals surface area (Å²) in [5, 5.41) is 3.67. The molecule has 0 bridgehead atoms. The Kier molecular flexibility index (Phi) is 8.23. The van der Waals surface area contributed by atoms with E-state index in [1.54, 1.807) is 12.1 Å². The SMILES string of the molecule is Cl.Fc1ccccc1COc1ccccc1CNC1CCCCCC1. The maximum Gasteiger partial charge on any atom is 0.129 e. The summed E-state index contributed by atoms with van der Waals surface area (Å²) in [6, 6.07) is 15.4. The van der Waals surface area contributed by atoms with E-state index in [9.17, 15) is 4.39 Å². The zero-order valence-corrected chi connectivity index (χ0v) is 15.4. The van der Waals surface area contributed by atoms with Crippen LogP contribution in [0.2, 0.25) is 0 Å². The largest absolute Gasteiger partial charge is 0.488 e. The lowest BCUT2D eigenvalue weighted by Crippen LogP contribution is -2.28. The van der Waals surface area contributed by atoms with E-state index in [1.165, 1.54) is 44.6 Å². The fourth-order valence-corrected chi connectivity index (χ4v) is 3.30. The maximum atomic E-state index is 13.7. The first kappa shape index (κ1) is 19.7. The van der Waals surface area contributed by atoms with Crippen LogP contribution in [0, 0.1) is 5.82 Å². The highest BCUT2D eigenvalue weighted by molar-refractivity contribution is 5.85. The highest BCUT2D eigenvalue weighted by Gasteiger charge is 2.12. The molecule has 3 rings (SSSR count). The molecule has 0 atom stereocenters. The maximum absolute atomic E-state index is 13.7. The third kappa shape index (κ3) is 6.02. The molecule has 0 saturated heterocycles. The molecule has 2 aromatic rings. The average molecular weight is 364 g/mol. The van der Waals surface area contributed by atoms with E-state index in [-0.39, 0.29) is 24.8 Å². The molecule has 136 valence electrons. The van der Waals surface area contributed by atoms with Crippen LogP contribution in [0.4, 0.5) is 4.39 Å². The van der Waals surface area contributed by atoms with Gasteiger partial charge in [-0.1, -0.05) is 62.1 Å². The standard InChI is InChI=1S/C21H26FNO.ClH/c22-20-13-7-5-10-18(20)16-24-21-14-8-6-9-17(21)15-23-19-11-3-1-2-4-12-19;/h5-10,13-14,19,23H,1-4,11-12,15-16H2;1H. The van der Waals surface area contributed by atoms with Crippen LogP contribution in [0.1, 0.15) is 49.7 Å². The van der Waals surface area contributed by atoms with Crippen molar-refractivity contribution in [3.05, 3.63) is 65.5 Å². The van der Waals surface area contributed by atoms with Crippen molar-refractivity contribution in [1.29, 1.82) is 0 Å². The molecule has 0 radical (unpaired) electrons. The van der Waals surface area contributed by atoms with E-state index in [0.717, 1.165) is 17.9 Å². The number of hydrogen-bond donors (Lipinski definition) is 1. The number of hydrogen-bond acceptors (Lipinski definition) is 2. The third-order valence-corrected chi connectivity index (χ3v) is 4.75. The summed E-state index contributed by atoms with van der Waals surface area (Å²) in [6.45, 7) is 1.06. The Morgan fingerprint density at radius 2 is 1.52 bits per heavy atom. The van der Waals surface area contributed by atoms with Crippen molar-refractivity contribution in [1.82, 2.24) is 5.32 Å². The molecule has 1 fully saturated rings. The van der Waals surface area contributed by atoms with Gasteiger partial charge in [0.05, 0.1) is 0 Å². The van der Waals surface area contributed by atoms with Gasteiger partial charge < -0.3 is 10.1 Å². The summed E-state index contributed by atoms with van der Waals surface area (Å²) in [5.41, 5.74) is 1.72. The van der Waals surface area contributed by atoms with Crippen LogP contribution >= 0.6 is 12.4 Å². The van der Waals surface area contributed by atoms with Gasteiger partial charge in [0.2, 0.25) is 0 Å². The van der Waals surface area contributed by atoms with Crippen LogP contribution in [-0.4, -0.2) is 6.04 Å². The number of rotatable bonds is 6. The molecule has 25 heavy (non-hydrogen) atoms. The topological polar surface area (TPSA) is 21.3 Å². The molecule has 2 nitrogen and oxygen atoms in total. The van der Waals surface area contributed by atoms with Crippen LogP contribution in [0.5, 0.6) is 5.75 Å². The highest BCUT2D eigenvalue weighted by Crippen LogP contribution is 2.22. The summed E-state index contributed by atoms with van der Waals surface area (Å²) in [6.07, 6.45) is 7.89. The number of benzene rings is 2. The van der Waals surface area contributed by atoms with Gasteiger partial charge in [0, 0.05) is 23.7 Å². The van der Waals surface area contributed by atoms with Crippen molar-refractivity contribution >= 4 is 12.4 Å². The zero-order chi connectivity index (χ0) is 16.6. The first-order valence-corrected chi connectivity index (χ1v) is 9.00. The summed E-state index contributed by atoms with van der Waals surface area (Å²) < 4.78 is 19.6. The average Bonchev–Trinajstić information content (AvgIpc) is 2.89. The number of para-hydroxylation sites is 1. The Morgan fingerprint density at radius 1 is 0.880 bits per heavy atom. The van der Waals surface area contributed by atoms with Crippen LogP contribution in [0.3, 0.4) is 0 Å². The molecule has 0 heterocycles. The highest BCUT2D eigenvalue weighted by atomic mass is 35.5. The van der Waals surface area contributed by atoms with Gasteiger partial charge in [-0.2, -0.15) is 0 Å². The molecule has 1 N–H and O–H groups in total. The monoisotopic (exact) mass is 363 g/mol. The van der Waals surface area contributed by atoms with Gasteiger partial charge in [0.15, 0.2) is 0 Å². The molecule has 0 amide bonds. The van der Waals surface area contributed by atoms with Gasteiger partial charge in [-0.3, -0.25) is 0 Å². The fourth-order valence-electron chi connectivity index (χ4n) is 3.30. The van der Waals surface area contributed by atoms with E-state index in [0.29, 0.717) is 11.6 Å². The third-order valence-electron chi connectivity index (χ3n) is 4.75. The van der Waals surface area contributed by atoms with Crippen LogP contribution in [0.25, 0.3) is 0 Å². The molecule has 1 saturated carbocycles. The first-order chi connectivity index (χ1) is 11.8. The smallest absolute Gasteiger partial charge is 0.129 e. The second-order valence-electron chi connectivity index (χ2n) is 6.56. The van der Waals surface area contributed by atoms with E-state index in [1.807, 2.05) is 24.3 Å². The molecule has 1 aliphatic carbocycles. The van der Waals surface area contributed by atoms with Gasteiger partial charge in [-0.25, -0.2) is 4.39 Å². The zero-order valence-electron chi connectivity index (χ0n) is 14.5. The Labute approximate surface area is 156 Å². The van der Waals surface area contributed by atoms with Crippen LogP contribution in [-0.2, 0) is 13.2 Å². The molecular formula is C21H27ClFNO. The first-order valence-electron chi connectivity index (χ1n) is 9.00. The number of nitrogens with one attached hydrogen (secondary N) is 1. The second-order valence-corrected chi connectivity index (χ2v) is 6.56. The fraction of sp³-hybridized carbons (Fsp3) is 0.429. The van der Waals surface area contributed by atoms with E-state index in [2.05, 4.69) is 11.4 Å². The lowest BCUT2D eigenvalue weighted by molar-refractivity contribution is 0.295. The minimum Gasteiger partial charge on any atom is -0.488 e. The van der Waals surface area contributed by atoms with Crippen LogP contribution < -0.4 is 10.1 Å². The Balaban J connectivity index is 0.00000225. The van der Waals surface area contributed by atoms with Crippen LogP contribution in [0.15, 0.2) is 48.5 Å². The quantitative estimate of drug-likeness (QED) is 0.670. The van der Waals surface area contributed by atoms with Crippen molar-refractivity contribution in [3.8, 4) is 5.75 Å². The Bertz CT molecular complexity index is 641. The van der Waals surface area contributed by atoms with Gasteiger partial charge in [-0.15, -0.1) is 12.4 Å². The molecule has 4 heteroatoms. The molecule has 1 aliphatic rings. The van der Waals surface area contributed by atoms with Crippen molar-refractivity contribution in [2.45, 2.75) is 57.7 Å². The lowest BCUT2D eigenvalue weighted by Gasteiger charge is -2.18. The molecule has 0 aliphatic heterocycles. The predicted octanol–water partition coefficient (Wildman–Crippen LogP) is 5.64. The lowest BCUT2D eigenvalue weighted by atomic mass is 10.1.